The van der Waals surface area contributed by atoms with Crippen molar-refractivity contribution in [2.45, 2.75) is 49.8 Å². The zero-order chi connectivity index (χ0) is 20.8. The van der Waals surface area contributed by atoms with Gasteiger partial charge in [0.25, 0.3) is 0 Å². The number of aliphatic hydroxyl groups is 1. The lowest BCUT2D eigenvalue weighted by atomic mass is 9.89. The second-order valence-electron chi connectivity index (χ2n) is 9.10. The Kier molecular flexibility index (Phi) is 4.98. The van der Waals surface area contributed by atoms with Crippen LogP contribution in [0.3, 0.4) is 0 Å². The number of aromatic amines is 1. The Balaban J connectivity index is 1.09. The Labute approximate surface area is 186 Å². The second-order valence-corrected chi connectivity index (χ2v) is 10.2. The van der Waals surface area contributed by atoms with E-state index in [1.54, 1.807) is 4.88 Å². The Hall–Kier alpha value is -2.34. The number of H-pyrrole nitrogens is 1. The quantitative estimate of drug-likeness (QED) is 0.421. The van der Waals surface area contributed by atoms with Crippen LogP contribution in [-0.4, -0.2) is 46.3 Å². The molecule has 4 atom stereocenters. The molecule has 2 aromatic carbocycles. The normalized spacial score (nSPS) is 24.7. The van der Waals surface area contributed by atoms with Gasteiger partial charge in [-0.1, -0.05) is 24.3 Å². The van der Waals surface area contributed by atoms with E-state index in [1.165, 1.54) is 35.8 Å². The largest absolute Gasteiger partial charge is 0.490 e. The fourth-order valence-corrected chi connectivity index (χ4v) is 6.86. The predicted octanol–water partition coefficient (Wildman–Crippen LogP) is 5.53. The van der Waals surface area contributed by atoms with Crippen molar-refractivity contribution in [1.29, 1.82) is 0 Å². The Morgan fingerprint density at radius 2 is 1.90 bits per heavy atom. The minimum absolute atomic E-state index is 0.333. The number of hydrogen-bond donors (Lipinski definition) is 2. The van der Waals surface area contributed by atoms with Crippen LogP contribution in [0, 0.1) is 0 Å². The van der Waals surface area contributed by atoms with E-state index in [-0.39, 0.29) is 0 Å². The molecule has 4 heterocycles. The van der Waals surface area contributed by atoms with Crippen molar-refractivity contribution in [3.8, 4) is 5.75 Å². The van der Waals surface area contributed by atoms with Gasteiger partial charge in [0.05, 0.1) is 0 Å². The summed E-state index contributed by atoms with van der Waals surface area (Å²) in [6.07, 6.45) is 6.37. The Bertz CT molecular complexity index is 1150. The van der Waals surface area contributed by atoms with E-state index >= 15 is 0 Å². The van der Waals surface area contributed by atoms with Gasteiger partial charge in [-0.3, -0.25) is 4.90 Å². The summed E-state index contributed by atoms with van der Waals surface area (Å²) >= 11 is 1.97. The molecule has 2 fully saturated rings. The summed E-state index contributed by atoms with van der Waals surface area (Å²) < 4.78 is 7.40. The van der Waals surface area contributed by atoms with E-state index in [1.807, 2.05) is 41.8 Å². The molecule has 2 N–H and O–H groups in total. The third kappa shape index (κ3) is 3.65. The van der Waals surface area contributed by atoms with Gasteiger partial charge in [0, 0.05) is 45.3 Å². The van der Waals surface area contributed by atoms with Crippen LogP contribution in [0.1, 0.15) is 36.5 Å². The van der Waals surface area contributed by atoms with Gasteiger partial charge >= 0.3 is 0 Å². The summed E-state index contributed by atoms with van der Waals surface area (Å²) in [6.45, 7) is 1.04. The first-order valence-corrected chi connectivity index (χ1v) is 12.2. The van der Waals surface area contributed by atoms with Crippen molar-refractivity contribution in [2.24, 2.45) is 0 Å². The topological polar surface area (TPSA) is 48.5 Å². The summed E-state index contributed by atoms with van der Waals surface area (Å²) in [5.41, 5.74) is 1.06. The molecule has 2 aliphatic heterocycles. The fraction of sp³-hybridized carbons (Fsp3) is 0.385. The number of fused-ring (bicyclic) bond motifs is 4. The lowest BCUT2D eigenvalue weighted by molar-refractivity contribution is 0.0323. The van der Waals surface area contributed by atoms with Crippen molar-refractivity contribution in [3.63, 3.8) is 0 Å². The molecule has 2 aromatic heterocycles. The zero-order valence-electron chi connectivity index (χ0n) is 17.5. The van der Waals surface area contributed by atoms with Crippen LogP contribution in [0.15, 0.2) is 60.8 Å². The molecule has 4 nitrogen and oxygen atoms in total. The maximum absolute atomic E-state index is 10.8. The van der Waals surface area contributed by atoms with E-state index in [4.69, 9.17) is 4.74 Å². The molecular weight excluding hydrogens is 404 g/mol. The molecular formula is C26H28N2O2S. The number of nitrogens with one attached hydrogen (secondary N) is 1. The molecule has 31 heavy (non-hydrogen) atoms. The molecule has 0 aliphatic carbocycles. The summed E-state index contributed by atoms with van der Waals surface area (Å²) in [7, 11) is 0. The average Bonchev–Trinajstić information content (AvgIpc) is 3.48. The number of aliphatic hydroxyl groups excluding tert-OH is 1. The van der Waals surface area contributed by atoms with Crippen LogP contribution in [0.25, 0.3) is 21.0 Å². The molecule has 2 saturated heterocycles. The highest BCUT2D eigenvalue weighted by Crippen LogP contribution is 2.45. The summed E-state index contributed by atoms with van der Waals surface area (Å²) in [4.78, 5) is 7.32. The maximum atomic E-state index is 10.8. The molecule has 2 bridgehead atoms. The lowest BCUT2D eigenvalue weighted by Gasteiger charge is -2.39. The molecule has 0 saturated carbocycles. The molecule has 0 amide bonds. The zero-order valence-corrected chi connectivity index (χ0v) is 18.4. The highest BCUT2D eigenvalue weighted by molar-refractivity contribution is 7.19. The van der Waals surface area contributed by atoms with Gasteiger partial charge in [0.15, 0.2) is 0 Å². The highest BCUT2D eigenvalue weighted by atomic mass is 32.1. The molecule has 6 rings (SSSR count). The van der Waals surface area contributed by atoms with Crippen LogP contribution in [0.2, 0.25) is 0 Å². The monoisotopic (exact) mass is 432 g/mol. The predicted molar refractivity (Wildman–Crippen MR) is 127 cm³/mol. The fourth-order valence-electron chi connectivity index (χ4n) is 5.67. The third-order valence-corrected chi connectivity index (χ3v) is 8.42. The molecule has 2 aliphatic rings. The number of aromatic nitrogens is 1. The number of rotatable bonds is 6. The molecule has 0 spiro atoms. The highest BCUT2D eigenvalue weighted by Gasteiger charge is 2.42. The minimum atomic E-state index is -0.474. The lowest BCUT2D eigenvalue weighted by Crippen LogP contribution is -2.47. The van der Waals surface area contributed by atoms with E-state index in [2.05, 4.69) is 40.2 Å². The minimum Gasteiger partial charge on any atom is -0.490 e. The second kappa shape index (κ2) is 7.97. The third-order valence-electron chi connectivity index (χ3n) is 7.14. The van der Waals surface area contributed by atoms with Gasteiger partial charge in [0.1, 0.15) is 18.5 Å². The Morgan fingerprint density at radius 1 is 1.06 bits per heavy atom. The molecule has 0 radical (unpaired) electrons. The van der Waals surface area contributed by atoms with Crippen molar-refractivity contribution >= 4 is 32.3 Å². The molecule has 5 heteroatoms. The Morgan fingerprint density at radius 3 is 2.74 bits per heavy atom. The summed E-state index contributed by atoms with van der Waals surface area (Å²) in [6, 6.07) is 20.3. The van der Waals surface area contributed by atoms with Gasteiger partial charge in [0.2, 0.25) is 0 Å². The van der Waals surface area contributed by atoms with Gasteiger partial charge in [-0.15, -0.1) is 11.3 Å². The van der Waals surface area contributed by atoms with E-state index in [9.17, 15) is 5.11 Å². The molecule has 4 aromatic rings. The average molecular weight is 433 g/mol. The standard InChI is InChI=1S/C26H28N2O2S/c29-21(16-30-24-6-3-5-23-22(24)10-11-27-23)15-28-19-8-9-20(28)13-18(12-19)26-14-17-4-1-2-7-25(17)31-26/h1-7,10-11,14,18-21,27,29H,8-9,12-13,15-16H2/t18?,19-,20+,21-/m0/s1. The van der Waals surface area contributed by atoms with Crippen LogP contribution in [0.4, 0.5) is 0 Å². The van der Waals surface area contributed by atoms with Gasteiger partial charge in [-0.05, 0) is 67.3 Å². The number of thiophene rings is 1. The summed E-state index contributed by atoms with van der Waals surface area (Å²) in [5, 5.41) is 13.2. The van der Waals surface area contributed by atoms with Gasteiger partial charge in [-0.25, -0.2) is 0 Å². The van der Waals surface area contributed by atoms with Gasteiger partial charge in [-0.2, -0.15) is 0 Å². The van der Waals surface area contributed by atoms with E-state index in [0.29, 0.717) is 31.2 Å². The van der Waals surface area contributed by atoms with Crippen LogP contribution in [0.5, 0.6) is 5.75 Å². The number of piperidine rings is 1. The van der Waals surface area contributed by atoms with Gasteiger partial charge < -0.3 is 14.8 Å². The molecule has 160 valence electrons. The maximum Gasteiger partial charge on any atom is 0.128 e. The van der Waals surface area contributed by atoms with Crippen LogP contribution >= 0.6 is 11.3 Å². The van der Waals surface area contributed by atoms with Crippen molar-refractivity contribution in [2.75, 3.05) is 13.2 Å². The SMILES string of the molecule is O[C@H](COc1cccc2[nH]ccc12)CN1[C@@H]2CC[C@H]1CC(c1cc3ccccc3s1)C2. The number of hydrogen-bond acceptors (Lipinski definition) is 4. The molecule has 1 unspecified atom stereocenters. The van der Waals surface area contributed by atoms with E-state index in [0.717, 1.165) is 16.7 Å². The number of nitrogens with zero attached hydrogens (tertiary/aromatic N) is 1. The smallest absolute Gasteiger partial charge is 0.128 e. The van der Waals surface area contributed by atoms with E-state index < -0.39 is 6.10 Å². The first-order valence-electron chi connectivity index (χ1n) is 11.4. The van der Waals surface area contributed by atoms with Crippen molar-refractivity contribution in [3.05, 3.63) is 65.7 Å². The number of benzene rings is 2. The number of ether oxygens (including phenoxy) is 1. The van der Waals surface area contributed by atoms with Crippen molar-refractivity contribution in [1.82, 2.24) is 9.88 Å². The first-order chi connectivity index (χ1) is 15.2. The van der Waals surface area contributed by atoms with Crippen LogP contribution < -0.4 is 4.74 Å². The van der Waals surface area contributed by atoms with Crippen LogP contribution in [-0.2, 0) is 0 Å². The van der Waals surface area contributed by atoms with Crippen molar-refractivity contribution < 1.29 is 9.84 Å². The first kappa shape index (κ1) is 19.4. The summed E-state index contributed by atoms with van der Waals surface area (Å²) in [5.74, 6) is 1.50.